The van der Waals surface area contributed by atoms with Crippen LogP contribution in [-0.2, 0) is 11.2 Å². The predicted octanol–water partition coefficient (Wildman–Crippen LogP) is 4.18. The molecule has 2 rings (SSSR count). The Balaban J connectivity index is 1.87. The molecule has 1 aliphatic rings. The highest BCUT2D eigenvalue weighted by Gasteiger charge is 2.24. The highest BCUT2D eigenvalue weighted by Crippen LogP contribution is 2.26. The van der Waals surface area contributed by atoms with E-state index in [0.29, 0.717) is 24.0 Å². The Morgan fingerprint density at radius 1 is 1.33 bits per heavy atom. The molecule has 0 aliphatic carbocycles. The quantitative estimate of drug-likeness (QED) is 0.730. The maximum atomic E-state index is 12.8. The summed E-state index contributed by atoms with van der Waals surface area (Å²) >= 11 is 6.03. The molecule has 1 aliphatic heterocycles. The average Bonchev–Trinajstić information content (AvgIpc) is 2.77. The first-order valence-electron chi connectivity index (χ1n) is 6.63. The van der Waals surface area contributed by atoms with E-state index in [4.69, 9.17) is 16.3 Å². The van der Waals surface area contributed by atoms with Crippen molar-refractivity contribution >= 4 is 11.6 Å². The van der Waals surface area contributed by atoms with Crippen LogP contribution in [0.3, 0.4) is 0 Å². The van der Waals surface area contributed by atoms with Crippen LogP contribution in [0.2, 0.25) is 0 Å². The molecule has 0 aromatic heterocycles. The van der Waals surface area contributed by atoms with Crippen LogP contribution in [0.15, 0.2) is 24.3 Å². The average molecular weight is 271 g/mol. The lowest BCUT2D eigenvalue weighted by atomic mass is 9.94. The summed E-state index contributed by atoms with van der Waals surface area (Å²) in [5.74, 6) is 0.854. The third kappa shape index (κ3) is 3.96. The Morgan fingerprint density at radius 3 is 2.61 bits per heavy atom. The fourth-order valence-corrected chi connectivity index (χ4v) is 2.82. The molecule has 0 bridgehead atoms. The van der Waals surface area contributed by atoms with Crippen molar-refractivity contribution < 1.29 is 9.13 Å². The molecule has 3 atom stereocenters. The first-order valence-corrected chi connectivity index (χ1v) is 7.16. The van der Waals surface area contributed by atoms with Crippen LogP contribution < -0.4 is 0 Å². The second-order valence-corrected chi connectivity index (χ2v) is 5.54. The number of alkyl halides is 1. The fraction of sp³-hybridized carbons (Fsp3) is 0.600. The molecule has 1 aromatic carbocycles. The topological polar surface area (TPSA) is 9.23 Å². The largest absolute Gasteiger partial charge is 0.375 e. The summed E-state index contributed by atoms with van der Waals surface area (Å²) in [7, 11) is 0. The van der Waals surface area contributed by atoms with Crippen molar-refractivity contribution in [3.8, 4) is 0 Å². The molecule has 100 valence electrons. The first-order chi connectivity index (χ1) is 8.67. The van der Waals surface area contributed by atoms with Gasteiger partial charge in [0.05, 0.1) is 12.2 Å². The third-order valence-corrected chi connectivity index (χ3v) is 4.01. The van der Waals surface area contributed by atoms with Gasteiger partial charge in [0.2, 0.25) is 0 Å². The lowest BCUT2D eigenvalue weighted by Crippen LogP contribution is -2.17. The summed E-state index contributed by atoms with van der Waals surface area (Å²) in [5, 5.41) is 0. The summed E-state index contributed by atoms with van der Waals surface area (Å²) in [4.78, 5) is 0. The lowest BCUT2D eigenvalue weighted by molar-refractivity contribution is 0.0426. The molecule has 0 saturated carbocycles. The molecule has 1 heterocycles. The number of hydrogen-bond acceptors (Lipinski definition) is 1. The van der Waals surface area contributed by atoms with Gasteiger partial charge >= 0.3 is 0 Å². The minimum Gasteiger partial charge on any atom is -0.375 e. The van der Waals surface area contributed by atoms with E-state index in [-0.39, 0.29) is 5.82 Å². The van der Waals surface area contributed by atoms with Gasteiger partial charge in [0.25, 0.3) is 0 Å². The van der Waals surface area contributed by atoms with Crippen molar-refractivity contribution in [2.24, 2.45) is 5.92 Å². The monoisotopic (exact) mass is 270 g/mol. The normalized spacial score (nSPS) is 25.3. The van der Waals surface area contributed by atoms with Gasteiger partial charge in [-0.15, -0.1) is 11.6 Å². The molecule has 0 radical (unpaired) electrons. The third-order valence-electron chi connectivity index (χ3n) is 3.57. The lowest BCUT2D eigenvalue weighted by Gasteiger charge is -2.18. The SMILES string of the molecule is CC1CCC(CC(CCl)Cc2ccc(F)cc2)O1. The summed E-state index contributed by atoms with van der Waals surface area (Å²) < 4.78 is 18.7. The Labute approximate surface area is 113 Å². The van der Waals surface area contributed by atoms with E-state index in [1.54, 1.807) is 0 Å². The van der Waals surface area contributed by atoms with Crippen molar-refractivity contribution in [1.82, 2.24) is 0 Å². The number of hydrogen-bond donors (Lipinski definition) is 0. The zero-order valence-electron chi connectivity index (χ0n) is 10.7. The van der Waals surface area contributed by atoms with Gasteiger partial charge in [-0.3, -0.25) is 0 Å². The smallest absolute Gasteiger partial charge is 0.123 e. The maximum absolute atomic E-state index is 12.8. The molecule has 0 amide bonds. The summed E-state index contributed by atoms with van der Waals surface area (Å²) in [6.45, 7) is 2.12. The van der Waals surface area contributed by atoms with Crippen LogP contribution in [0.1, 0.15) is 31.7 Å². The van der Waals surface area contributed by atoms with Gasteiger partial charge in [0.15, 0.2) is 0 Å². The Bertz CT molecular complexity index is 365. The van der Waals surface area contributed by atoms with Gasteiger partial charge in [-0.1, -0.05) is 12.1 Å². The molecule has 3 heteroatoms. The fourth-order valence-electron chi connectivity index (χ4n) is 2.59. The first kappa shape index (κ1) is 13.8. The Hall–Kier alpha value is -0.600. The zero-order chi connectivity index (χ0) is 13.0. The maximum Gasteiger partial charge on any atom is 0.123 e. The van der Waals surface area contributed by atoms with Crippen molar-refractivity contribution in [1.29, 1.82) is 0 Å². The Kier molecular flexibility index (Phi) is 5.02. The van der Waals surface area contributed by atoms with Gasteiger partial charge in [-0.25, -0.2) is 4.39 Å². The Morgan fingerprint density at radius 2 is 2.06 bits per heavy atom. The van der Waals surface area contributed by atoms with Crippen LogP contribution in [-0.4, -0.2) is 18.1 Å². The molecular formula is C15H20ClFO. The molecule has 18 heavy (non-hydrogen) atoms. The van der Waals surface area contributed by atoms with Crippen LogP contribution >= 0.6 is 11.6 Å². The number of halogens is 2. The van der Waals surface area contributed by atoms with E-state index in [2.05, 4.69) is 6.92 Å². The van der Waals surface area contributed by atoms with Crippen LogP contribution in [0.4, 0.5) is 4.39 Å². The van der Waals surface area contributed by atoms with E-state index in [1.807, 2.05) is 12.1 Å². The summed E-state index contributed by atoms with van der Waals surface area (Å²) in [5.41, 5.74) is 1.15. The van der Waals surface area contributed by atoms with Gasteiger partial charge in [0.1, 0.15) is 5.82 Å². The van der Waals surface area contributed by atoms with E-state index >= 15 is 0 Å². The number of rotatable bonds is 5. The summed E-state index contributed by atoms with van der Waals surface area (Å²) in [6.07, 6.45) is 4.93. The standard InChI is InChI=1S/C15H20ClFO/c1-11-2-7-15(18-11)9-13(10-16)8-12-3-5-14(17)6-4-12/h3-6,11,13,15H,2,7-10H2,1H3. The van der Waals surface area contributed by atoms with E-state index < -0.39 is 0 Å². The minimum absolute atomic E-state index is 0.186. The predicted molar refractivity (Wildman–Crippen MR) is 72.5 cm³/mol. The molecule has 0 N–H and O–H groups in total. The highest BCUT2D eigenvalue weighted by atomic mass is 35.5. The van der Waals surface area contributed by atoms with Gasteiger partial charge < -0.3 is 4.74 Å². The van der Waals surface area contributed by atoms with Crippen molar-refractivity contribution in [3.63, 3.8) is 0 Å². The molecule has 1 nitrogen and oxygen atoms in total. The van der Waals surface area contributed by atoms with E-state index in [1.165, 1.54) is 12.1 Å². The molecular weight excluding hydrogens is 251 g/mol. The van der Waals surface area contributed by atoms with Crippen molar-refractivity contribution in [3.05, 3.63) is 35.6 Å². The molecule has 1 fully saturated rings. The number of ether oxygens (including phenoxy) is 1. The van der Waals surface area contributed by atoms with Crippen LogP contribution in [0.25, 0.3) is 0 Å². The van der Waals surface area contributed by atoms with Crippen LogP contribution in [0, 0.1) is 11.7 Å². The van der Waals surface area contributed by atoms with E-state index in [0.717, 1.165) is 31.2 Å². The molecule has 1 aromatic rings. The number of benzene rings is 1. The second kappa shape index (κ2) is 6.53. The van der Waals surface area contributed by atoms with E-state index in [9.17, 15) is 4.39 Å². The van der Waals surface area contributed by atoms with Gasteiger partial charge in [0, 0.05) is 5.88 Å². The van der Waals surface area contributed by atoms with Gasteiger partial charge in [-0.2, -0.15) is 0 Å². The molecule has 0 spiro atoms. The zero-order valence-corrected chi connectivity index (χ0v) is 11.5. The minimum atomic E-state index is -0.186. The summed E-state index contributed by atoms with van der Waals surface area (Å²) in [6, 6.07) is 6.70. The van der Waals surface area contributed by atoms with Crippen molar-refractivity contribution in [2.75, 3.05) is 5.88 Å². The van der Waals surface area contributed by atoms with Crippen LogP contribution in [0.5, 0.6) is 0 Å². The van der Waals surface area contributed by atoms with Gasteiger partial charge in [-0.05, 0) is 56.2 Å². The molecule has 1 saturated heterocycles. The second-order valence-electron chi connectivity index (χ2n) is 5.23. The van der Waals surface area contributed by atoms with Crippen molar-refractivity contribution in [2.45, 2.75) is 44.8 Å². The highest BCUT2D eigenvalue weighted by molar-refractivity contribution is 6.18. The molecule has 3 unspecified atom stereocenters.